The Labute approximate surface area is 85.4 Å². The summed E-state index contributed by atoms with van der Waals surface area (Å²) < 4.78 is 2.56. The first kappa shape index (κ1) is 9.23. The van der Waals surface area contributed by atoms with Crippen molar-refractivity contribution in [1.29, 1.82) is 0 Å². The van der Waals surface area contributed by atoms with Crippen LogP contribution in [-0.4, -0.2) is 31.4 Å². The van der Waals surface area contributed by atoms with Crippen LogP contribution in [0.2, 0.25) is 0 Å². The van der Waals surface area contributed by atoms with Gasteiger partial charge < -0.3 is 5.11 Å². The highest BCUT2D eigenvalue weighted by molar-refractivity contribution is 7.99. The predicted octanol–water partition coefficient (Wildman–Crippen LogP) is 1.11. The maximum atomic E-state index is 9.04. The van der Waals surface area contributed by atoms with E-state index in [2.05, 4.69) is 10.2 Å². The number of rotatable bonds is 2. The van der Waals surface area contributed by atoms with Gasteiger partial charge in [-0.25, -0.2) is 0 Å². The molecular weight excluding hydrogens is 206 g/mol. The highest BCUT2D eigenvalue weighted by Crippen LogP contribution is 2.28. The van der Waals surface area contributed by atoms with Gasteiger partial charge in [0, 0.05) is 11.8 Å². The van der Waals surface area contributed by atoms with E-state index < -0.39 is 0 Å². The lowest BCUT2D eigenvalue weighted by Crippen LogP contribution is -2.11. The summed E-state index contributed by atoms with van der Waals surface area (Å²) in [6.45, 7) is -0.0473. The van der Waals surface area contributed by atoms with Gasteiger partial charge >= 0.3 is 0 Å². The molecule has 0 radical (unpaired) electrons. The summed E-state index contributed by atoms with van der Waals surface area (Å²) in [5.41, 5.74) is 0. The number of aromatic amines is 1. The smallest absolute Gasteiger partial charge is 0.195 e. The first-order valence-electron chi connectivity index (χ1n) is 4.17. The first-order chi connectivity index (χ1) is 6.33. The molecule has 1 aromatic rings. The topological polar surface area (TPSA) is 53.8 Å². The largest absolute Gasteiger partial charge is 0.388 e. The van der Waals surface area contributed by atoms with Crippen molar-refractivity contribution in [3.8, 4) is 0 Å². The van der Waals surface area contributed by atoms with Crippen LogP contribution in [0.3, 0.4) is 0 Å². The number of hydrogen-bond donors (Lipinski definition) is 2. The van der Waals surface area contributed by atoms with Crippen molar-refractivity contribution in [3.63, 3.8) is 0 Å². The van der Waals surface area contributed by atoms with Crippen LogP contribution < -0.4 is 0 Å². The maximum absolute atomic E-state index is 9.04. The third-order valence-corrected chi connectivity index (χ3v) is 3.62. The second-order valence-corrected chi connectivity index (χ2v) is 4.53. The number of nitrogens with one attached hydrogen (secondary N) is 1. The molecule has 2 N–H and O–H groups in total. The van der Waals surface area contributed by atoms with Gasteiger partial charge in [-0.15, -0.1) is 0 Å². The average Bonchev–Trinajstić information content (AvgIpc) is 2.72. The summed E-state index contributed by atoms with van der Waals surface area (Å²) in [5.74, 6) is 2.89. The minimum absolute atomic E-state index is 0.0473. The number of thioether (sulfide) groups is 1. The summed E-state index contributed by atoms with van der Waals surface area (Å²) in [7, 11) is 0. The Morgan fingerprint density at radius 2 is 2.62 bits per heavy atom. The molecule has 4 nitrogen and oxygen atoms in total. The second kappa shape index (κ2) is 3.81. The van der Waals surface area contributed by atoms with E-state index in [1.807, 2.05) is 16.3 Å². The molecule has 1 unspecified atom stereocenters. The highest BCUT2D eigenvalue weighted by Gasteiger charge is 2.20. The molecule has 0 amide bonds. The third-order valence-electron chi connectivity index (χ3n) is 2.19. The van der Waals surface area contributed by atoms with Crippen molar-refractivity contribution in [3.05, 3.63) is 10.6 Å². The van der Waals surface area contributed by atoms with E-state index in [0.717, 1.165) is 12.2 Å². The summed E-state index contributed by atoms with van der Waals surface area (Å²) in [4.78, 5) is 0. The highest BCUT2D eigenvalue weighted by atomic mass is 32.2. The molecule has 6 heteroatoms. The average molecular weight is 217 g/mol. The van der Waals surface area contributed by atoms with Crippen molar-refractivity contribution in [2.45, 2.75) is 19.1 Å². The van der Waals surface area contributed by atoms with Crippen LogP contribution in [0.5, 0.6) is 0 Å². The van der Waals surface area contributed by atoms with Crippen molar-refractivity contribution in [2.24, 2.45) is 0 Å². The molecule has 0 saturated carbocycles. The zero-order valence-electron chi connectivity index (χ0n) is 7.06. The lowest BCUT2D eigenvalue weighted by Gasteiger charge is -2.11. The van der Waals surface area contributed by atoms with Crippen LogP contribution >= 0.6 is 24.0 Å². The Morgan fingerprint density at radius 1 is 1.77 bits per heavy atom. The minimum atomic E-state index is -0.0473. The molecule has 1 aromatic heterocycles. The van der Waals surface area contributed by atoms with Gasteiger partial charge in [-0.3, -0.25) is 9.67 Å². The lowest BCUT2D eigenvalue weighted by molar-refractivity contribution is 0.261. The number of aliphatic hydroxyl groups is 1. The van der Waals surface area contributed by atoms with Gasteiger partial charge in [0.2, 0.25) is 0 Å². The minimum Gasteiger partial charge on any atom is -0.388 e. The Morgan fingerprint density at radius 3 is 3.23 bits per heavy atom. The zero-order chi connectivity index (χ0) is 9.26. The fraction of sp³-hybridized carbons (Fsp3) is 0.714. The van der Waals surface area contributed by atoms with Crippen molar-refractivity contribution in [1.82, 2.24) is 14.8 Å². The Bertz CT molecular complexity index is 340. The van der Waals surface area contributed by atoms with Crippen LogP contribution in [0, 0.1) is 4.77 Å². The Kier molecular flexibility index (Phi) is 2.71. The Balaban J connectivity index is 2.36. The third kappa shape index (κ3) is 1.66. The molecule has 0 bridgehead atoms. The van der Waals surface area contributed by atoms with Crippen LogP contribution in [-0.2, 0) is 6.61 Å². The molecule has 2 heterocycles. The fourth-order valence-electron chi connectivity index (χ4n) is 1.55. The summed E-state index contributed by atoms with van der Waals surface area (Å²) in [6, 6.07) is 0.415. The van der Waals surface area contributed by atoms with Crippen LogP contribution in [0.25, 0.3) is 0 Å². The van der Waals surface area contributed by atoms with Gasteiger partial charge in [0.1, 0.15) is 6.61 Å². The van der Waals surface area contributed by atoms with Crippen molar-refractivity contribution in [2.75, 3.05) is 11.5 Å². The molecule has 1 fully saturated rings. The number of aromatic nitrogens is 3. The fourth-order valence-corrected chi connectivity index (χ4v) is 3.04. The molecule has 1 atom stereocenters. The normalized spacial score (nSPS) is 22.4. The van der Waals surface area contributed by atoms with E-state index >= 15 is 0 Å². The van der Waals surface area contributed by atoms with E-state index in [-0.39, 0.29) is 6.61 Å². The molecule has 13 heavy (non-hydrogen) atoms. The predicted molar refractivity (Wildman–Crippen MR) is 54.3 cm³/mol. The molecule has 1 aliphatic heterocycles. The van der Waals surface area contributed by atoms with Gasteiger partial charge in [0.05, 0.1) is 0 Å². The number of hydrogen-bond acceptors (Lipinski definition) is 4. The lowest BCUT2D eigenvalue weighted by atomic mass is 10.2. The molecule has 72 valence electrons. The molecule has 0 spiro atoms. The van der Waals surface area contributed by atoms with Gasteiger partial charge in [-0.05, 0) is 24.4 Å². The van der Waals surface area contributed by atoms with Crippen LogP contribution in [0.4, 0.5) is 0 Å². The van der Waals surface area contributed by atoms with Crippen molar-refractivity contribution >= 4 is 24.0 Å². The van der Waals surface area contributed by atoms with Crippen LogP contribution in [0.1, 0.15) is 18.3 Å². The van der Waals surface area contributed by atoms with Gasteiger partial charge in [-0.2, -0.15) is 16.9 Å². The van der Waals surface area contributed by atoms with Gasteiger partial charge in [-0.1, -0.05) is 0 Å². The molecule has 2 rings (SSSR count). The molecule has 1 saturated heterocycles. The van der Waals surface area contributed by atoms with E-state index in [0.29, 0.717) is 16.6 Å². The number of nitrogens with zero attached hydrogens (tertiary/aromatic N) is 2. The number of aliphatic hydroxyl groups excluding tert-OH is 1. The molecule has 0 aromatic carbocycles. The zero-order valence-corrected chi connectivity index (χ0v) is 8.70. The van der Waals surface area contributed by atoms with Gasteiger partial charge in [0.15, 0.2) is 10.6 Å². The summed E-state index contributed by atoms with van der Waals surface area (Å²) in [6.07, 6.45) is 1.12. The van der Waals surface area contributed by atoms with E-state index in [9.17, 15) is 0 Å². The van der Waals surface area contributed by atoms with E-state index in [1.165, 1.54) is 5.75 Å². The first-order valence-corrected chi connectivity index (χ1v) is 5.73. The van der Waals surface area contributed by atoms with Crippen LogP contribution in [0.15, 0.2) is 0 Å². The molecule has 0 aliphatic carbocycles. The number of H-pyrrole nitrogens is 1. The SMILES string of the molecule is OCc1n[nH]c(=S)n1C1CCSC1. The molecule has 1 aliphatic rings. The summed E-state index contributed by atoms with van der Waals surface area (Å²) >= 11 is 7.02. The second-order valence-electron chi connectivity index (χ2n) is 2.99. The summed E-state index contributed by atoms with van der Waals surface area (Å²) in [5, 5.41) is 15.7. The monoisotopic (exact) mass is 217 g/mol. The maximum Gasteiger partial charge on any atom is 0.195 e. The standard InChI is InChI=1S/C7H11N3OS2/c11-3-6-8-9-7(12)10(6)5-1-2-13-4-5/h5,11H,1-4H2,(H,9,12). The molecular formula is C7H11N3OS2. The quantitative estimate of drug-likeness (QED) is 0.729. The van der Waals surface area contributed by atoms with Gasteiger partial charge in [0.25, 0.3) is 0 Å². The van der Waals surface area contributed by atoms with E-state index in [1.54, 1.807) is 0 Å². The van der Waals surface area contributed by atoms with Crippen molar-refractivity contribution < 1.29 is 5.11 Å². The van der Waals surface area contributed by atoms with E-state index in [4.69, 9.17) is 17.3 Å². The Hall–Kier alpha value is -0.330.